The molecule has 3 aromatic rings. The van der Waals surface area contributed by atoms with Crippen LogP contribution in [0, 0.1) is 0 Å². The van der Waals surface area contributed by atoms with Crippen LogP contribution in [-0.4, -0.2) is 46.9 Å². The molecule has 0 radical (unpaired) electrons. The van der Waals surface area contributed by atoms with Crippen LogP contribution in [0.5, 0.6) is 0 Å². The van der Waals surface area contributed by atoms with E-state index >= 15 is 0 Å². The minimum absolute atomic E-state index is 0.0560. The Morgan fingerprint density at radius 3 is 2.70 bits per heavy atom. The summed E-state index contributed by atoms with van der Waals surface area (Å²) >= 11 is 0. The second-order valence-corrected chi connectivity index (χ2v) is 4.22. The monoisotopic (exact) mass is 271 g/mol. The van der Waals surface area contributed by atoms with Crippen LogP contribution in [0.15, 0.2) is 36.5 Å². The van der Waals surface area contributed by atoms with Crippen molar-refractivity contribution in [3.05, 3.63) is 48.0 Å². The first-order valence-corrected chi connectivity index (χ1v) is 6.19. The second kappa shape index (κ2) is 5.57. The van der Waals surface area contributed by atoms with Gasteiger partial charge in [-0.25, -0.2) is 4.68 Å². The molecule has 0 fully saturated rings. The zero-order chi connectivity index (χ0) is 13.8. The number of tetrazole rings is 1. The van der Waals surface area contributed by atoms with Gasteiger partial charge in [0, 0.05) is 19.2 Å². The number of benzene rings is 1. The molecule has 0 saturated carbocycles. The van der Waals surface area contributed by atoms with E-state index in [1.54, 1.807) is 15.6 Å². The normalized spacial score (nSPS) is 10.8. The molecule has 8 nitrogen and oxygen atoms in total. The van der Waals surface area contributed by atoms with E-state index in [9.17, 15) is 0 Å². The molecule has 102 valence electrons. The van der Waals surface area contributed by atoms with Gasteiger partial charge in [-0.15, -0.1) is 10.2 Å². The van der Waals surface area contributed by atoms with Crippen molar-refractivity contribution in [1.82, 2.24) is 35.2 Å². The largest absolute Gasteiger partial charge is 0.396 e. The molecule has 0 bridgehead atoms. The molecule has 2 heterocycles. The van der Waals surface area contributed by atoms with E-state index < -0.39 is 0 Å². The number of rotatable bonds is 5. The Hall–Kier alpha value is -2.61. The molecule has 20 heavy (non-hydrogen) atoms. The van der Waals surface area contributed by atoms with Crippen LogP contribution in [0.3, 0.4) is 0 Å². The lowest BCUT2D eigenvalue weighted by atomic mass is 10.3. The van der Waals surface area contributed by atoms with E-state index in [0.717, 1.165) is 11.4 Å². The van der Waals surface area contributed by atoms with Gasteiger partial charge in [0.2, 0.25) is 0 Å². The summed E-state index contributed by atoms with van der Waals surface area (Å²) in [6.45, 7) is 0.473. The van der Waals surface area contributed by atoms with Gasteiger partial charge in [0.05, 0.1) is 11.4 Å². The molecule has 2 aromatic heterocycles. The van der Waals surface area contributed by atoms with Crippen LogP contribution >= 0.6 is 0 Å². The third kappa shape index (κ3) is 2.54. The van der Waals surface area contributed by atoms with Crippen molar-refractivity contribution in [3.8, 4) is 5.69 Å². The predicted molar refractivity (Wildman–Crippen MR) is 69.1 cm³/mol. The van der Waals surface area contributed by atoms with Crippen LogP contribution < -0.4 is 0 Å². The standard InChI is InChI=1S/C12H13N7O/c20-7-6-10-8-18(16-13-10)9-12-14-15-17-19(12)11-4-2-1-3-5-11/h1-5,8,20H,6-7,9H2. The second-order valence-electron chi connectivity index (χ2n) is 4.22. The Morgan fingerprint density at radius 2 is 1.90 bits per heavy atom. The smallest absolute Gasteiger partial charge is 0.178 e. The highest BCUT2D eigenvalue weighted by Crippen LogP contribution is 2.08. The Morgan fingerprint density at radius 1 is 1.05 bits per heavy atom. The van der Waals surface area contributed by atoms with Gasteiger partial charge in [-0.1, -0.05) is 23.4 Å². The lowest BCUT2D eigenvalue weighted by Crippen LogP contribution is -2.09. The van der Waals surface area contributed by atoms with Gasteiger partial charge in [0.25, 0.3) is 0 Å². The number of para-hydroxylation sites is 1. The molecule has 0 saturated heterocycles. The Balaban J connectivity index is 1.83. The summed E-state index contributed by atoms with van der Waals surface area (Å²) in [4.78, 5) is 0. The fraction of sp³-hybridized carbons (Fsp3) is 0.250. The third-order valence-corrected chi connectivity index (χ3v) is 2.79. The van der Waals surface area contributed by atoms with Gasteiger partial charge >= 0.3 is 0 Å². The van der Waals surface area contributed by atoms with Crippen molar-refractivity contribution in [2.75, 3.05) is 6.61 Å². The van der Waals surface area contributed by atoms with Crippen LogP contribution in [0.1, 0.15) is 11.5 Å². The molecule has 1 aromatic carbocycles. The summed E-state index contributed by atoms with van der Waals surface area (Å²) in [7, 11) is 0. The summed E-state index contributed by atoms with van der Waals surface area (Å²) in [5.41, 5.74) is 1.63. The van der Waals surface area contributed by atoms with Gasteiger partial charge in [0.1, 0.15) is 6.54 Å². The predicted octanol–water partition coefficient (Wildman–Crippen LogP) is -0.163. The Labute approximate surface area is 114 Å². The van der Waals surface area contributed by atoms with E-state index in [-0.39, 0.29) is 6.61 Å². The molecule has 0 atom stereocenters. The third-order valence-electron chi connectivity index (χ3n) is 2.79. The molecule has 3 rings (SSSR count). The first-order chi connectivity index (χ1) is 9.86. The number of aliphatic hydroxyl groups excluding tert-OH is 1. The fourth-order valence-electron chi connectivity index (χ4n) is 1.86. The quantitative estimate of drug-likeness (QED) is 0.692. The van der Waals surface area contributed by atoms with Crippen molar-refractivity contribution in [1.29, 1.82) is 0 Å². The van der Waals surface area contributed by atoms with E-state index in [1.807, 2.05) is 30.3 Å². The molecule has 0 aliphatic carbocycles. The average Bonchev–Trinajstić information content (AvgIpc) is 3.10. The molecule has 0 aliphatic rings. The molecule has 0 spiro atoms. The van der Waals surface area contributed by atoms with Gasteiger partial charge in [-0.05, 0) is 22.6 Å². The first-order valence-electron chi connectivity index (χ1n) is 6.19. The average molecular weight is 271 g/mol. The van der Waals surface area contributed by atoms with Crippen LogP contribution in [0.2, 0.25) is 0 Å². The van der Waals surface area contributed by atoms with E-state index in [4.69, 9.17) is 5.11 Å². The minimum Gasteiger partial charge on any atom is -0.396 e. The number of hydrogen-bond donors (Lipinski definition) is 1. The van der Waals surface area contributed by atoms with Crippen LogP contribution in [-0.2, 0) is 13.0 Å². The van der Waals surface area contributed by atoms with Gasteiger partial charge in [-0.3, -0.25) is 0 Å². The van der Waals surface area contributed by atoms with E-state index in [2.05, 4.69) is 25.8 Å². The highest BCUT2D eigenvalue weighted by molar-refractivity contribution is 5.30. The Bertz CT molecular complexity index is 676. The van der Waals surface area contributed by atoms with Crippen molar-refractivity contribution < 1.29 is 5.11 Å². The van der Waals surface area contributed by atoms with Crippen LogP contribution in [0.4, 0.5) is 0 Å². The summed E-state index contributed by atoms with van der Waals surface area (Å²) in [5.74, 6) is 0.664. The molecule has 8 heteroatoms. The zero-order valence-corrected chi connectivity index (χ0v) is 10.7. The van der Waals surface area contributed by atoms with Crippen molar-refractivity contribution in [2.45, 2.75) is 13.0 Å². The summed E-state index contributed by atoms with van der Waals surface area (Å²) < 4.78 is 3.31. The fourth-order valence-corrected chi connectivity index (χ4v) is 1.86. The highest BCUT2D eigenvalue weighted by atomic mass is 16.3. The molecule has 0 unspecified atom stereocenters. The lowest BCUT2D eigenvalue weighted by Gasteiger charge is -2.03. The lowest BCUT2D eigenvalue weighted by molar-refractivity contribution is 0.298. The maximum absolute atomic E-state index is 8.86. The molecular formula is C12H13N7O. The van der Waals surface area contributed by atoms with Gasteiger partial charge in [0.15, 0.2) is 5.82 Å². The molecule has 0 amide bonds. The van der Waals surface area contributed by atoms with Crippen molar-refractivity contribution in [2.24, 2.45) is 0 Å². The number of aromatic nitrogens is 7. The summed E-state index contributed by atoms with van der Waals surface area (Å²) in [6, 6.07) is 9.65. The number of aliphatic hydroxyl groups is 1. The maximum Gasteiger partial charge on any atom is 0.178 e. The molecule has 0 aliphatic heterocycles. The Kier molecular flexibility index (Phi) is 3.46. The summed E-state index contributed by atoms with van der Waals surface area (Å²) in [6.07, 6.45) is 2.27. The maximum atomic E-state index is 8.86. The molecule has 1 N–H and O–H groups in total. The first kappa shape index (κ1) is 12.4. The van der Waals surface area contributed by atoms with E-state index in [1.165, 1.54) is 0 Å². The molecular weight excluding hydrogens is 258 g/mol. The number of hydrogen-bond acceptors (Lipinski definition) is 6. The van der Waals surface area contributed by atoms with Gasteiger partial charge in [-0.2, -0.15) is 4.68 Å². The van der Waals surface area contributed by atoms with E-state index in [0.29, 0.717) is 18.8 Å². The van der Waals surface area contributed by atoms with Crippen molar-refractivity contribution >= 4 is 0 Å². The van der Waals surface area contributed by atoms with Gasteiger partial charge < -0.3 is 5.11 Å². The SMILES string of the molecule is OCCc1cn(Cc2nnnn2-c2ccccc2)nn1. The van der Waals surface area contributed by atoms with Crippen LogP contribution in [0.25, 0.3) is 5.69 Å². The topological polar surface area (TPSA) is 94.5 Å². The summed E-state index contributed by atoms with van der Waals surface area (Å²) in [5, 5.41) is 28.5. The van der Waals surface area contributed by atoms with Crippen molar-refractivity contribution in [3.63, 3.8) is 0 Å². The highest BCUT2D eigenvalue weighted by Gasteiger charge is 2.10. The minimum atomic E-state index is 0.0560. The zero-order valence-electron chi connectivity index (χ0n) is 10.7. The number of nitrogens with zero attached hydrogens (tertiary/aromatic N) is 7.